The normalized spacial score (nSPS) is 10.2. The van der Waals surface area contributed by atoms with Crippen molar-refractivity contribution in [1.29, 1.82) is 0 Å². The third kappa shape index (κ3) is 4.66. The largest absolute Gasteiger partial charge is 0.492 e. The molecule has 0 heterocycles. The van der Waals surface area contributed by atoms with Gasteiger partial charge in [0.05, 0.1) is 17.1 Å². The van der Waals surface area contributed by atoms with E-state index >= 15 is 0 Å². The minimum atomic E-state index is -0.246. The summed E-state index contributed by atoms with van der Waals surface area (Å²) in [5.41, 5.74) is 1.57. The Kier molecular flexibility index (Phi) is 5.48. The van der Waals surface area contributed by atoms with Gasteiger partial charge in [0.25, 0.3) is 5.91 Å². The maximum Gasteiger partial charge on any atom is 0.252 e. The van der Waals surface area contributed by atoms with E-state index in [9.17, 15) is 4.79 Å². The zero-order valence-electron chi connectivity index (χ0n) is 11.5. The maximum atomic E-state index is 11.9. The van der Waals surface area contributed by atoms with Crippen LogP contribution in [0.4, 0.5) is 0 Å². The molecule has 2 aromatic rings. The smallest absolute Gasteiger partial charge is 0.252 e. The summed E-state index contributed by atoms with van der Waals surface area (Å²) in [5, 5.41) is 3.58. The number of hydrogen-bond donors (Lipinski definition) is 1. The molecule has 5 heteroatoms. The molecule has 21 heavy (non-hydrogen) atoms. The van der Waals surface area contributed by atoms with Crippen LogP contribution in [0.1, 0.15) is 15.9 Å². The first-order valence-electron chi connectivity index (χ1n) is 6.49. The molecular weight excluding hydrogens is 309 g/mol. The van der Waals surface area contributed by atoms with Crippen LogP contribution in [0, 0.1) is 6.92 Å². The van der Waals surface area contributed by atoms with Gasteiger partial charge in [-0.1, -0.05) is 40.9 Å². The Hall–Kier alpha value is -1.71. The van der Waals surface area contributed by atoms with Crippen molar-refractivity contribution >= 4 is 29.1 Å². The van der Waals surface area contributed by atoms with Crippen molar-refractivity contribution in [2.45, 2.75) is 6.92 Å². The van der Waals surface area contributed by atoms with Crippen molar-refractivity contribution in [2.75, 3.05) is 13.2 Å². The third-order valence-corrected chi connectivity index (χ3v) is 3.40. The molecule has 1 amide bonds. The number of amides is 1. The van der Waals surface area contributed by atoms with E-state index in [0.717, 1.165) is 5.75 Å². The van der Waals surface area contributed by atoms with Gasteiger partial charge in [-0.2, -0.15) is 0 Å². The molecular formula is C16H15Cl2NO2. The Labute approximate surface area is 133 Å². The van der Waals surface area contributed by atoms with E-state index in [2.05, 4.69) is 5.32 Å². The van der Waals surface area contributed by atoms with Crippen molar-refractivity contribution in [3.8, 4) is 5.75 Å². The molecule has 0 aromatic heterocycles. The van der Waals surface area contributed by atoms with E-state index in [1.54, 1.807) is 18.2 Å². The lowest BCUT2D eigenvalue weighted by Gasteiger charge is -2.09. The number of hydrogen-bond acceptors (Lipinski definition) is 2. The summed E-state index contributed by atoms with van der Waals surface area (Å²) in [6, 6.07) is 12.5. The topological polar surface area (TPSA) is 38.3 Å². The number of ether oxygens (including phenoxy) is 1. The zero-order chi connectivity index (χ0) is 15.2. The van der Waals surface area contributed by atoms with Crippen molar-refractivity contribution in [3.63, 3.8) is 0 Å². The molecule has 3 nitrogen and oxygen atoms in total. The van der Waals surface area contributed by atoms with Gasteiger partial charge in [0.15, 0.2) is 0 Å². The highest BCUT2D eigenvalue weighted by atomic mass is 35.5. The minimum absolute atomic E-state index is 0.246. The molecule has 0 fully saturated rings. The fraction of sp³-hybridized carbons (Fsp3) is 0.188. The number of carbonyl (C=O) groups excluding carboxylic acids is 1. The summed E-state index contributed by atoms with van der Waals surface area (Å²) >= 11 is 11.8. The fourth-order valence-electron chi connectivity index (χ4n) is 1.74. The Morgan fingerprint density at radius 1 is 1.14 bits per heavy atom. The predicted octanol–water partition coefficient (Wildman–Crippen LogP) is 4.11. The molecule has 0 spiro atoms. The van der Waals surface area contributed by atoms with Gasteiger partial charge in [-0.3, -0.25) is 4.79 Å². The summed E-state index contributed by atoms with van der Waals surface area (Å²) in [6.07, 6.45) is 0. The van der Waals surface area contributed by atoms with Gasteiger partial charge in [0, 0.05) is 5.02 Å². The van der Waals surface area contributed by atoms with Crippen LogP contribution >= 0.6 is 23.2 Å². The molecule has 0 aliphatic rings. The average molecular weight is 324 g/mol. The summed E-state index contributed by atoms with van der Waals surface area (Å²) in [7, 11) is 0. The number of aryl methyl sites for hydroxylation is 1. The van der Waals surface area contributed by atoms with Crippen LogP contribution in [0.5, 0.6) is 5.75 Å². The number of nitrogens with one attached hydrogen (secondary N) is 1. The van der Waals surface area contributed by atoms with E-state index in [-0.39, 0.29) is 5.91 Å². The van der Waals surface area contributed by atoms with Crippen molar-refractivity contribution in [3.05, 3.63) is 63.6 Å². The lowest BCUT2D eigenvalue weighted by molar-refractivity contribution is 0.0947. The first kappa shape index (κ1) is 15.7. The standard InChI is InChI=1S/C16H15Cl2NO2/c1-11-2-5-13(6-3-11)21-9-8-19-16(20)14-7-4-12(17)10-15(14)18/h2-7,10H,8-9H2,1H3,(H,19,20). The van der Waals surface area contributed by atoms with Crippen LogP contribution in [0.15, 0.2) is 42.5 Å². The van der Waals surface area contributed by atoms with E-state index in [1.807, 2.05) is 31.2 Å². The highest BCUT2D eigenvalue weighted by molar-refractivity contribution is 6.36. The molecule has 0 atom stereocenters. The van der Waals surface area contributed by atoms with Gasteiger partial charge >= 0.3 is 0 Å². The van der Waals surface area contributed by atoms with Crippen LogP contribution in [-0.2, 0) is 0 Å². The molecule has 0 aliphatic heterocycles. The van der Waals surface area contributed by atoms with Gasteiger partial charge in [0.1, 0.15) is 12.4 Å². The highest BCUT2D eigenvalue weighted by Gasteiger charge is 2.09. The fourth-order valence-corrected chi connectivity index (χ4v) is 2.23. The van der Waals surface area contributed by atoms with Gasteiger partial charge in [-0.15, -0.1) is 0 Å². The minimum Gasteiger partial charge on any atom is -0.492 e. The van der Waals surface area contributed by atoms with Crippen LogP contribution in [0.25, 0.3) is 0 Å². The highest BCUT2D eigenvalue weighted by Crippen LogP contribution is 2.20. The summed E-state index contributed by atoms with van der Waals surface area (Å²) in [5.74, 6) is 0.531. The first-order valence-corrected chi connectivity index (χ1v) is 7.24. The molecule has 110 valence electrons. The Morgan fingerprint density at radius 3 is 2.52 bits per heavy atom. The molecule has 0 aliphatic carbocycles. The van der Waals surface area contributed by atoms with Gasteiger partial charge in [-0.25, -0.2) is 0 Å². The van der Waals surface area contributed by atoms with Gasteiger partial charge in [0.2, 0.25) is 0 Å². The molecule has 0 saturated heterocycles. The second-order valence-corrected chi connectivity index (χ2v) is 5.39. The predicted molar refractivity (Wildman–Crippen MR) is 85.5 cm³/mol. The van der Waals surface area contributed by atoms with E-state index in [1.165, 1.54) is 5.56 Å². The Bertz CT molecular complexity index is 627. The SMILES string of the molecule is Cc1ccc(OCCNC(=O)c2ccc(Cl)cc2Cl)cc1. The number of carbonyl (C=O) groups is 1. The van der Waals surface area contributed by atoms with Gasteiger partial charge in [-0.05, 0) is 37.3 Å². The number of halogens is 2. The molecule has 2 rings (SSSR count). The van der Waals surface area contributed by atoms with Gasteiger partial charge < -0.3 is 10.1 Å². The average Bonchev–Trinajstić information content (AvgIpc) is 2.45. The second kappa shape index (κ2) is 7.34. The second-order valence-electron chi connectivity index (χ2n) is 4.54. The van der Waals surface area contributed by atoms with Crippen LogP contribution < -0.4 is 10.1 Å². The summed E-state index contributed by atoms with van der Waals surface area (Å²) in [4.78, 5) is 11.9. The van der Waals surface area contributed by atoms with Crippen LogP contribution in [-0.4, -0.2) is 19.1 Å². The van der Waals surface area contributed by atoms with E-state index in [0.29, 0.717) is 28.8 Å². The van der Waals surface area contributed by atoms with Crippen molar-refractivity contribution in [2.24, 2.45) is 0 Å². The maximum absolute atomic E-state index is 11.9. The summed E-state index contributed by atoms with van der Waals surface area (Å²) in [6.45, 7) is 2.80. The zero-order valence-corrected chi connectivity index (χ0v) is 13.0. The molecule has 0 unspecified atom stereocenters. The lowest BCUT2D eigenvalue weighted by Crippen LogP contribution is -2.28. The monoisotopic (exact) mass is 323 g/mol. The van der Waals surface area contributed by atoms with Crippen LogP contribution in [0.2, 0.25) is 10.0 Å². The van der Waals surface area contributed by atoms with E-state index < -0.39 is 0 Å². The molecule has 0 bridgehead atoms. The van der Waals surface area contributed by atoms with E-state index in [4.69, 9.17) is 27.9 Å². The van der Waals surface area contributed by atoms with Crippen molar-refractivity contribution in [1.82, 2.24) is 5.32 Å². The first-order chi connectivity index (χ1) is 10.1. The molecule has 2 aromatic carbocycles. The number of benzene rings is 2. The van der Waals surface area contributed by atoms with Crippen molar-refractivity contribution < 1.29 is 9.53 Å². The molecule has 0 saturated carbocycles. The third-order valence-electron chi connectivity index (χ3n) is 2.85. The summed E-state index contributed by atoms with van der Waals surface area (Å²) < 4.78 is 5.53. The molecule has 0 radical (unpaired) electrons. The quantitative estimate of drug-likeness (QED) is 0.841. The Balaban J connectivity index is 1.80. The number of rotatable bonds is 5. The molecule has 1 N–H and O–H groups in total. The Morgan fingerprint density at radius 2 is 1.86 bits per heavy atom. The lowest BCUT2D eigenvalue weighted by atomic mass is 10.2. The van der Waals surface area contributed by atoms with Crippen LogP contribution in [0.3, 0.4) is 0 Å².